The summed E-state index contributed by atoms with van der Waals surface area (Å²) in [5.74, 6) is 0.123. The van der Waals surface area contributed by atoms with E-state index in [1.54, 1.807) is 54.6 Å². The number of amides is 2. The Morgan fingerprint density at radius 1 is 0.882 bits per heavy atom. The van der Waals surface area contributed by atoms with Crippen LogP contribution in [0.4, 0.5) is 5.69 Å². The second kappa shape index (κ2) is 12.6. The zero-order chi connectivity index (χ0) is 24.3. The number of hydrazone groups is 1. The molecule has 34 heavy (non-hydrogen) atoms. The fourth-order valence-corrected chi connectivity index (χ4v) is 3.09. The van der Waals surface area contributed by atoms with Gasteiger partial charge in [0.1, 0.15) is 13.0 Å². The van der Waals surface area contributed by atoms with E-state index in [0.717, 1.165) is 5.56 Å². The molecule has 0 aliphatic rings. The zero-order valence-electron chi connectivity index (χ0n) is 18.4. The monoisotopic (exact) mass is 499 g/mol. The second-order valence-corrected chi connectivity index (χ2v) is 7.95. The minimum Gasteiger partial charge on any atom is -0.490 e. The number of rotatable bonds is 10. The first-order chi connectivity index (χ1) is 16.4. The molecule has 2 N–H and O–H groups in total. The number of nitrogens with one attached hydrogen (secondary N) is 2. The topological polar surface area (TPSA) is 89.0 Å². The molecular weight excluding hydrogens is 477 g/mol. The lowest BCUT2D eigenvalue weighted by molar-refractivity contribution is -0.126. The van der Waals surface area contributed by atoms with E-state index >= 15 is 0 Å². The maximum absolute atomic E-state index is 12.0. The lowest BCUT2D eigenvalue weighted by Crippen LogP contribution is -2.24. The number of hydrogen-bond acceptors (Lipinski definition) is 5. The molecule has 0 aromatic heterocycles. The van der Waals surface area contributed by atoms with Gasteiger partial charge in [0.15, 0.2) is 11.5 Å². The molecule has 2 amide bonds. The lowest BCUT2D eigenvalue weighted by Gasteiger charge is -2.12. The summed E-state index contributed by atoms with van der Waals surface area (Å²) in [7, 11) is 0. The van der Waals surface area contributed by atoms with Crippen LogP contribution in [-0.4, -0.2) is 24.6 Å². The second-order valence-electron chi connectivity index (χ2n) is 7.08. The Kier molecular flexibility index (Phi) is 9.31. The maximum Gasteiger partial charge on any atom is 0.249 e. The van der Waals surface area contributed by atoms with E-state index in [0.29, 0.717) is 46.0 Å². The molecule has 176 valence electrons. The zero-order valence-corrected chi connectivity index (χ0v) is 19.9. The fourth-order valence-electron chi connectivity index (χ4n) is 2.84. The molecule has 0 saturated heterocycles. The Morgan fingerprint density at radius 3 is 2.24 bits per heavy atom. The third-order valence-corrected chi connectivity index (χ3v) is 4.93. The van der Waals surface area contributed by atoms with Crippen molar-refractivity contribution in [2.75, 3.05) is 11.9 Å². The van der Waals surface area contributed by atoms with Crippen LogP contribution in [0.3, 0.4) is 0 Å². The first-order valence-corrected chi connectivity index (χ1v) is 11.2. The van der Waals surface area contributed by atoms with Crippen LogP contribution >= 0.6 is 23.2 Å². The summed E-state index contributed by atoms with van der Waals surface area (Å²) < 4.78 is 11.6. The molecule has 9 heteroatoms. The highest BCUT2D eigenvalue weighted by Gasteiger charge is 2.10. The molecule has 0 bridgehead atoms. The first kappa shape index (κ1) is 25.1. The van der Waals surface area contributed by atoms with Gasteiger partial charge < -0.3 is 14.8 Å². The van der Waals surface area contributed by atoms with Gasteiger partial charge in [0.25, 0.3) is 0 Å². The van der Waals surface area contributed by atoms with Crippen molar-refractivity contribution in [2.24, 2.45) is 5.10 Å². The lowest BCUT2D eigenvalue weighted by atomic mass is 10.2. The molecule has 0 radical (unpaired) electrons. The average Bonchev–Trinajstić information content (AvgIpc) is 2.81. The average molecular weight is 500 g/mol. The fraction of sp³-hybridized carbons (Fsp3) is 0.160. The Balaban J connectivity index is 1.53. The van der Waals surface area contributed by atoms with E-state index in [1.165, 1.54) is 6.21 Å². The number of halogens is 2. The van der Waals surface area contributed by atoms with Gasteiger partial charge in [0, 0.05) is 15.7 Å². The van der Waals surface area contributed by atoms with Gasteiger partial charge in [0.05, 0.1) is 12.8 Å². The predicted molar refractivity (Wildman–Crippen MR) is 134 cm³/mol. The smallest absolute Gasteiger partial charge is 0.249 e. The van der Waals surface area contributed by atoms with Gasteiger partial charge >= 0.3 is 0 Å². The standard InChI is InChI=1S/C25H23Cl2N3O4/c1-2-33-23-13-18(5-12-22(23)34-16-17-3-6-19(26)7-4-17)15-28-30-25(32)14-24(31)29-21-10-8-20(27)9-11-21/h3-13,15H,2,14,16H2,1H3,(H,29,31)(H,30,32). The number of carbonyl (C=O) groups excluding carboxylic acids is 2. The normalized spacial score (nSPS) is 10.7. The van der Waals surface area contributed by atoms with Crippen LogP contribution in [0.25, 0.3) is 0 Å². The summed E-state index contributed by atoms with van der Waals surface area (Å²) in [5, 5.41) is 7.75. The number of nitrogens with zero attached hydrogens (tertiary/aromatic N) is 1. The molecule has 3 aromatic rings. The molecule has 7 nitrogen and oxygen atoms in total. The molecule has 3 aromatic carbocycles. The highest BCUT2D eigenvalue weighted by Crippen LogP contribution is 2.29. The molecule has 0 aliphatic carbocycles. The summed E-state index contributed by atoms with van der Waals surface area (Å²) in [6, 6.07) is 19.3. The SMILES string of the molecule is CCOc1cc(C=NNC(=O)CC(=O)Nc2ccc(Cl)cc2)ccc1OCc1ccc(Cl)cc1. The summed E-state index contributed by atoms with van der Waals surface area (Å²) in [6.07, 6.45) is 1.09. The third-order valence-electron chi connectivity index (χ3n) is 4.43. The maximum atomic E-state index is 12.0. The Labute approximate surface area is 207 Å². The van der Waals surface area contributed by atoms with Crippen molar-refractivity contribution in [3.63, 3.8) is 0 Å². The highest BCUT2D eigenvalue weighted by molar-refractivity contribution is 6.30. The Bertz CT molecular complexity index is 1150. The summed E-state index contributed by atoms with van der Waals surface area (Å²) >= 11 is 11.7. The Morgan fingerprint density at radius 2 is 1.56 bits per heavy atom. The van der Waals surface area contributed by atoms with Crippen LogP contribution in [0.5, 0.6) is 11.5 Å². The van der Waals surface area contributed by atoms with Crippen LogP contribution in [0.15, 0.2) is 71.8 Å². The van der Waals surface area contributed by atoms with Crippen LogP contribution in [0.1, 0.15) is 24.5 Å². The quantitative estimate of drug-likeness (QED) is 0.220. The predicted octanol–water partition coefficient (Wildman–Crippen LogP) is 5.45. The molecule has 0 spiro atoms. The molecule has 0 fully saturated rings. The summed E-state index contributed by atoms with van der Waals surface area (Å²) in [4.78, 5) is 24.0. The van der Waals surface area contributed by atoms with Crippen molar-refractivity contribution in [1.29, 1.82) is 0 Å². The van der Waals surface area contributed by atoms with E-state index in [1.807, 2.05) is 19.1 Å². The van der Waals surface area contributed by atoms with Gasteiger partial charge in [-0.25, -0.2) is 5.43 Å². The molecule has 0 atom stereocenters. The number of ether oxygens (including phenoxy) is 2. The number of hydrogen-bond donors (Lipinski definition) is 2. The third kappa shape index (κ3) is 8.10. The van der Waals surface area contributed by atoms with Gasteiger partial charge in [-0.05, 0) is 72.6 Å². The molecule has 0 unspecified atom stereocenters. The molecular formula is C25H23Cl2N3O4. The van der Waals surface area contributed by atoms with Gasteiger partial charge in [-0.2, -0.15) is 5.10 Å². The van der Waals surface area contributed by atoms with Crippen LogP contribution in [-0.2, 0) is 16.2 Å². The van der Waals surface area contributed by atoms with E-state index < -0.39 is 11.8 Å². The van der Waals surface area contributed by atoms with Gasteiger partial charge in [0.2, 0.25) is 11.8 Å². The Hall–Kier alpha value is -3.55. The van der Waals surface area contributed by atoms with Crippen molar-refractivity contribution in [3.8, 4) is 11.5 Å². The van der Waals surface area contributed by atoms with Crippen LogP contribution in [0.2, 0.25) is 10.0 Å². The number of carbonyl (C=O) groups is 2. The van der Waals surface area contributed by atoms with Gasteiger partial charge in [-0.15, -0.1) is 0 Å². The van der Waals surface area contributed by atoms with Crippen LogP contribution < -0.4 is 20.2 Å². The largest absolute Gasteiger partial charge is 0.490 e. The summed E-state index contributed by atoms with van der Waals surface area (Å²) in [5.41, 5.74) is 4.55. The van der Waals surface area contributed by atoms with Gasteiger partial charge in [-0.1, -0.05) is 35.3 Å². The molecule has 3 rings (SSSR count). The van der Waals surface area contributed by atoms with Crippen molar-refractivity contribution >= 4 is 46.9 Å². The van der Waals surface area contributed by atoms with Crippen molar-refractivity contribution in [2.45, 2.75) is 20.0 Å². The van der Waals surface area contributed by atoms with Crippen LogP contribution in [0, 0.1) is 0 Å². The van der Waals surface area contributed by atoms with Crippen molar-refractivity contribution in [1.82, 2.24) is 5.43 Å². The number of benzene rings is 3. The van der Waals surface area contributed by atoms with Crippen molar-refractivity contribution < 1.29 is 19.1 Å². The molecule has 0 aliphatic heterocycles. The molecule has 0 saturated carbocycles. The first-order valence-electron chi connectivity index (χ1n) is 10.4. The van der Waals surface area contributed by atoms with E-state index in [9.17, 15) is 9.59 Å². The van der Waals surface area contributed by atoms with E-state index in [4.69, 9.17) is 32.7 Å². The summed E-state index contributed by atoms with van der Waals surface area (Å²) in [6.45, 7) is 2.69. The minimum absolute atomic E-state index is 0.360. The van der Waals surface area contributed by atoms with Crippen molar-refractivity contribution in [3.05, 3.63) is 87.9 Å². The van der Waals surface area contributed by atoms with Gasteiger partial charge in [-0.3, -0.25) is 9.59 Å². The highest BCUT2D eigenvalue weighted by atomic mass is 35.5. The van der Waals surface area contributed by atoms with E-state index in [-0.39, 0.29) is 6.42 Å². The number of anilines is 1. The van der Waals surface area contributed by atoms with E-state index in [2.05, 4.69) is 15.8 Å². The molecule has 0 heterocycles. The minimum atomic E-state index is -0.546.